The quantitative estimate of drug-likeness (QED) is 0.322. The zero-order valence-corrected chi connectivity index (χ0v) is 18.7. The smallest absolute Gasteiger partial charge is 0.338 e. The van der Waals surface area contributed by atoms with Crippen LogP contribution in [-0.4, -0.2) is 88.2 Å². The molecular weight excluding hydrogens is 447 g/mol. The van der Waals surface area contributed by atoms with Crippen LogP contribution in [0.5, 0.6) is 0 Å². The number of rotatable bonds is 3. The number of carboxylic acid groups (broad SMARTS) is 2. The molecule has 2 heterocycles. The van der Waals surface area contributed by atoms with Gasteiger partial charge in [-0.2, -0.15) is 0 Å². The summed E-state index contributed by atoms with van der Waals surface area (Å²) in [5, 5.41) is 17.6. The minimum Gasteiger partial charge on any atom is -0.458 e. The summed E-state index contributed by atoms with van der Waals surface area (Å²) in [4.78, 5) is 43.1. The van der Waals surface area contributed by atoms with Gasteiger partial charge in [0.05, 0.1) is 11.1 Å². The van der Waals surface area contributed by atoms with E-state index in [0.29, 0.717) is 41.9 Å². The van der Waals surface area contributed by atoms with E-state index in [2.05, 4.69) is 0 Å². The summed E-state index contributed by atoms with van der Waals surface area (Å²) < 4.78 is 41.0. The van der Waals surface area contributed by atoms with Crippen molar-refractivity contribution in [3.8, 4) is 0 Å². The second-order valence-electron chi connectivity index (χ2n) is 6.12. The van der Waals surface area contributed by atoms with Crippen LogP contribution in [0.15, 0.2) is 41.3 Å². The van der Waals surface area contributed by atoms with Crippen LogP contribution in [-0.2, 0) is 19.6 Å². The van der Waals surface area contributed by atoms with Crippen molar-refractivity contribution in [2.45, 2.75) is 4.90 Å². The Hall–Kier alpha value is -2.77. The van der Waals surface area contributed by atoms with Crippen molar-refractivity contribution >= 4 is 64.7 Å². The summed E-state index contributed by atoms with van der Waals surface area (Å²) >= 11 is 0.344. The molecule has 0 aromatic heterocycles. The number of aromatic carboxylic acids is 2. The molecule has 0 spiro atoms. The maximum Gasteiger partial charge on any atom is 0.338 e. The Bertz CT molecular complexity index is 1080. The monoisotopic (exact) mass is 460 g/mol. The molecule has 13 heteroatoms. The van der Waals surface area contributed by atoms with Gasteiger partial charge in [0.15, 0.2) is 0 Å². The van der Waals surface area contributed by atoms with Gasteiger partial charge in [-0.3, -0.25) is 0 Å². The van der Waals surface area contributed by atoms with Gasteiger partial charge in [-0.25, -0.2) is 9.59 Å². The first-order valence-electron chi connectivity index (χ1n) is 8.45. The van der Waals surface area contributed by atoms with Gasteiger partial charge in [0.2, 0.25) is 0 Å². The average Bonchev–Trinajstić information content (AvgIpc) is 2.69. The first-order chi connectivity index (χ1) is 14.4. The van der Waals surface area contributed by atoms with Gasteiger partial charge in [0, 0.05) is 0 Å². The summed E-state index contributed by atoms with van der Waals surface area (Å²) in [5.74, 6) is -4.01. The van der Waals surface area contributed by atoms with Crippen LogP contribution in [0.25, 0.3) is 0 Å². The van der Waals surface area contributed by atoms with Crippen molar-refractivity contribution in [1.29, 1.82) is 0 Å². The van der Waals surface area contributed by atoms with Gasteiger partial charge in [-0.05, 0) is 24.3 Å². The van der Waals surface area contributed by atoms with Crippen LogP contribution in [0.3, 0.4) is 0 Å². The summed E-state index contributed by atoms with van der Waals surface area (Å²) in [5.41, 5.74) is -0.582. The molecule has 2 aliphatic rings. The molecule has 4 rings (SSSR count). The number of fused-ring (bicyclic) bond motifs is 7. The SMILES string of the molecule is O=C(O)c1c[c]([Na])cc(C(=O)O)c1S(=O)(=O)O.O=C1OCCOC(=O)c2ccc1cc2. The van der Waals surface area contributed by atoms with Crippen molar-refractivity contribution in [1.82, 2.24) is 0 Å². The molecule has 0 atom stereocenters. The molecule has 0 saturated heterocycles. The Balaban J connectivity index is 0.000000224. The number of esters is 2. The van der Waals surface area contributed by atoms with E-state index in [4.69, 9.17) is 24.2 Å². The van der Waals surface area contributed by atoms with Gasteiger partial charge >= 0.3 is 126 Å². The standard InChI is InChI=1S/C10H8O4.C8H5O7S.Na/c11-9-7-1-2-8(4-3-7)10(12)14-6-5-13-9;9-7(10)4-2-1-3-5(8(11)12)6(4)16(13,14)15;/h1-4H,5-6H2;2-3H,(H,9,10)(H,11,12)(H,13,14,15);. The molecule has 2 aromatic rings. The van der Waals surface area contributed by atoms with Gasteiger partial charge in [-0.15, -0.1) is 0 Å². The molecule has 0 unspecified atom stereocenters. The van der Waals surface area contributed by atoms with E-state index >= 15 is 0 Å². The molecule has 0 saturated carbocycles. The molecule has 2 bridgehead atoms. The predicted molar refractivity (Wildman–Crippen MR) is 103 cm³/mol. The van der Waals surface area contributed by atoms with E-state index in [1.165, 1.54) is 0 Å². The molecule has 0 radical (unpaired) electrons. The fourth-order valence-electron chi connectivity index (χ4n) is 2.55. The Morgan fingerprint density at radius 1 is 0.839 bits per heavy atom. The largest absolute Gasteiger partial charge is 0.458 e. The summed E-state index contributed by atoms with van der Waals surface area (Å²) in [6.07, 6.45) is 0. The fraction of sp³-hybridized carbons (Fsp3) is 0.111. The number of carbonyl (C=O) groups excluding carboxylic acids is 2. The van der Waals surface area contributed by atoms with E-state index in [1.807, 2.05) is 0 Å². The molecule has 158 valence electrons. The predicted octanol–water partition coefficient (Wildman–Crippen LogP) is 0.137. The van der Waals surface area contributed by atoms with Crippen LogP contribution >= 0.6 is 0 Å². The zero-order valence-electron chi connectivity index (χ0n) is 15.9. The number of hydrogen-bond acceptors (Lipinski definition) is 8. The maximum atomic E-state index is 11.3. The summed E-state index contributed by atoms with van der Waals surface area (Å²) in [6, 6.07) is 8.25. The molecule has 11 nitrogen and oxygen atoms in total. The zero-order chi connectivity index (χ0) is 23.3. The first-order valence-corrected chi connectivity index (χ1v) is 10.9. The van der Waals surface area contributed by atoms with Crippen molar-refractivity contribution in [3.63, 3.8) is 0 Å². The van der Waals surface area contributed by atoms with Crippen molar-refractivity contribution < 1.29 is 51.8 Å². The molecule has 0 aliphatic carbocycles. The molecule has 0 fully saturated rings. The minimum absolute atomic E-state index is 0.100. The Kier molecular flexibility index (Phi) is 7.92. The van der Waals surface area contributed by atoms with E-state index in [-0.39, 0.29) is 13.2 Å². The Morgan fingerprint density at radius 2 is 1.19 bits per heavy atom. The number of carbonyl (C=O) groups is 4. The van der Waals surface area contributed by atoms with Crippen LogP contribution in [0, 0.1) is 0 Å². The number of benzene rings is 2. The van der Waals surface area contributed by atoms with Crippen LogP contribution in [0.1, 0.15) is 41.4 Å². The second kappa shape index (κ2) is 10.0. The number of hydrogen-bond donors (Lipinski definition) is 3. The number of ether oxygens (including phenoxy) is 2. The van der Waals surface area contributed by atoms with Crippen molar-refractivity contribution in [2.24, 2.45) is 0 Å². The molecule has 31 heavy (non-hydrogen) atoms. The first kappa shape index (κ1) is 24.5. The molecule has 3 N–H and O–H groups in total. The molecule has 2 aromatic carbocycles. The molecule has 0 amide bonds. The van der Waals surface area contributed by atoms with Gasteiger partial charge < -0.3 is 9.47 Å². The molecular formula is C18H13NaO11S. The van der Waals surface area contributed by atoms with E-state index in [9.17, 15) is 27.6 Å². The van der Waals surface area contributed by atoms with E-state index in [0.717, 1.165) is 12.1 Å². The second-order valence-corrected chi connectivity index (χ2v) is 8.64. The average molecular weight is 460 g/mol. The fourth-order valence-corrected chi connectivity index (χ4v) is 3.97. The Morgan fingerprint density at radius 3 is 1.48 bits per heavy atom. The van der Waals surface area contributed by atoms with Crippen molar-refractivity contribution in [2.75, 3.05) is 13.2 Å². The van der Waals surface area contributed by atoms with E-state index < -0.39 is 50.0 Å². The Labute approximate surface area is 192 Å². The minimum atomic E-state index is -4.92. The van der Waals surface area contributed by atoms with Gasteiger partial charge in [0.25, 0.3) is 0 Å². The van der Waals surface area contributed by atoms with Gasteiger partial charge in [0.1, 0.15) is 13.2 Å². The van der Waals surface area contributed by atoms with Crippen LogP contribution in [0.2, 0.25) is 0 Å². The normalized spacial score (nSPS) is 13.4. The van der Waals surface area contributed by atoms with Crippen LogP contribution in [0.4, 0.5) is 0 Å². The summed E-state index contributed by atoms with van der Waals surface area (Å²) in [6.45, 7) is 0.200. The third-order valence-electron chi connectivity index (χ3n) is 3.86. The van der Waals surface area contributed by atoms with Crippen molar-refractivity contribution in [3.05, 3.63) is 58.7 Å². The topological polar surface area (TPSA) is 182 Å². The number of carboxylic acids is 2. The van der Waals surface area contributed by atoms with Gasteiger partial charge in [-0.1, -0.05) is 0 Å². The summed E-state index contributed by atoms with van der Waals surface area (Å²) in [7, 11) is -4.92. The maximum absolute atomic E-state index is 11.3. The third kappa shape index (κ3) is 6.35. The third-order valence-corrected chi connectivity index (χ3v) is 5.39. The molecule has 2 aliphatic heterocycles. The van der Waals surface area contributed by atoms with E-state index in [1.54, 1.807) is 24.3 Å². The van der Waals surface area contributed by atoms with Crippen LogP contribution < -0.4 is 2.81 Å².